The van der Waals surface area contributed by atoms with E-state index in [1.165, 1.54) is 0 Å². The number of alkyl halides is 1. The largest absolute Gasteiger partial charge is 0.353 e. The Kier molecular flexibility index (Phi) is 3.84. The average molecular weight is 254 g/mol. The maximum absolute atomic E-state index is 11.7. The second-order valence-electron chi connectivity index (χ2n) is 4.12. The van der Waals surface area contributed by atoms with Gasteiger partial charge in [0.15, 0.2) is 0 Å². The summed E-state index contributed by atoms with van der Waals surface area (Å²) in [7, 11) is 0. The molecule has 4 nitrogen and oxygen atoms in total. The molecule has 92 valence electrons. The number of rotatable bonds is 2. The quantitative estimate of drug-likeness (QED) is 0.747. The van der Waals surface area contributed by atoms with Gasteiger partial charge in [-0.15, -0.1) is 11.6 Å². The summed E-state index contributed by atoms with van der Waals surface area (Å²) in [6.07, 6.45) is 1.79. The topological polar surface area (TPSA) is 36.4 Å². The number of halogens is 1. The van der Waals surface area contributed by atoms with E-state index in [1.807, 2.05) is 23.1 Å². The van der Waals surface area contributed by atoms with E-state index in [0.29, 0.717) is 13.1 Å². The molecule has 17 heavy (non-hydrogen) atoms. The Morgan fingerprint density at radius 2 is 2.06 bits per heavy atom. The van der Waals surface area contributed by atoms with Gasteiger partial charge in [-0.25, -0.2) is 4.98 Å². The van der Waals surface area contributed by atoms with Crippen molar-refractivity contribution in [1.29, 1.82) is 0 Å². The zero-order valence-corrected chi connectivity index (χ0v) is 10.6. The molecule has 5 heteroatoms. The maximum atomic E-state index is 11.7. The van der Waals surface area contributed by atoms with Crippen LogP contribution in [-0.4, -0.2) is 47.3 Å². The minimum Gasteiger partial charge on any atom is -0.353 e. The summed E-state index contributed by atoms with van der Waals surface area (Å²) in [6.45, 7) is 4.77. The molecule has 2 heterocycles. The highest BCUT2D eigenvalue weighted by atomic mass is 35.5. The first-order chi connectivity index (χ1) is 8.18. The predicted molar refractivity (Wildman–Crippen MR) is 68.3 cm³/mol. The van der Waals surface area contributed by atoms with Crippen molar-refractivity contribution in [3.8, 4) is 0 Å². The third kappa shape index (κ3) is 2.88. The number of hydrogen-bond acceptors (Lipinski definition) is 3. The molecule has 0 spiro atoms. The van der Waals surface area contributed by atoms with Gasteiger partial charge in [0.25, 0.3) is 0 Å². The third-order valence-electron chi connectivity index (χ3n) is 2.90. The summed E-state index contributed by atoms with van der Waals surface area (Å²) in [5.41, 5.74) is 0. The van der Waals surface area contributed by atoms with E-state index in [1.54, 1.807) is 13.1 Å². The molecule has 0 aliphatic carbocycles. The Labute approximate surface area is 106 Å². The monoisotopic (exact) mass is 253 g/mol. The van der Waals surface area contributed by atoms with Gasteiger partial charge in [0.2, 0.25) is 5.91 Å². The minimum atomic E-state index is -0.434. The molecule has 2 rings (SSSR count). The zero-order valence-electron chi connectivity index (χ0n) is 9.84. The van der Waals surface area contributed by atoms with Crippen molar-refractivity contribution in [2.75, 3.05) is 31.1 Å². The molecule has 1 atom stereocenters. The number of carbonyl (C=O) groups excluding carboxylic acids is 1. The van der Waals surface area contributed by atoms with Gasteiger partial charge in [0, 0.05) is 32.4 Å². The summed E-state index contributed by atoms with van der Waals surface area (Å²) < 4.78 is 0. The lowest BCUT2D eigenvalue weighted by Gasteiger charge is -2.35. The summed E-state index contributed by atoms with van der Waals surface area (Å²) in [4.78, 5) is 20.0. The normalized spacial score (nSPS) is 18.0. The van der Waals surface area contributed by atoms with Crippen molar-refractivity contribution in [3.05, 3.63) is 24.4 Å². The van der Waals surface area contributed by atoms with Crippen molar-refractivity contribution < 1.29 is 4.79 Å². The highest BCUT2D eigenvalue weighted by Gasteiger charge is 2.23. The smallest absolute Gasteiger partial charge is 0.240 e. The SMILES string of the molecule is C[C@H](Cl)C(=O)N1CCN(c2ccccn2)CC1. The number of pyridine rings is 1. The van der Waals surface area contributed by atoms with Crippen LogP contribution in [0.2, 0.25) is 0 Å². The Balaban J connectivity index is 1.93. The van der Waals surface area contributed by atoms with Crippen molar-refractivity contribution in [1.82, 2.24) is 9.88 Å². The molecule has 1 aromatic rings. The summed E-state index contributed by atoms with van der Waals surface area (Å²) in [5, 5.41) is -0.434. The van der Waals surface area contributed by atoms with E-state index in [-0.39, 0.29) is 5.91 Å². The lowest BCUT2D eigenvalue weighted by Crippen LogP contribution is -2.50. The average Bonchev–Trinajstić information content (AvgIpc) is 2.39. The van der Waals surface area contributed by atoms with Gasteiger partial charge in [-0.3, -0.25) is 4.79 Å². The van der Waals surface area contributed by atoms with Crippen LogP contribution < -0.4 is 4.90 Å². The van der Waals surface area contributed by atoms with Crippen molar-refractivity contribution in [3.63, 3.8) is 0 Å². The number of aromatic nitrogens is 1. The summed E-state index contributed by atoms with van der Waals surface area (Å²) in [6, 6.07) is 5.86. The second-order valence-corrected chi connectivity index (χ2v) is 4.77. The van der Waals surface area contributed by atoms with Gasteiger partial charge >= 0.3 is 0 Å². The molecule has 1 fully saturated rings. The van der Waals surface area contributed by atoms with Gasteiger partial charge in [0.1, 0.15) is 11.2 Å². The lowest BCUT2D eigenvalue weighted by molar-refractivity contribution is -0.130. The van der Waals surface area contributed by atoms with Gasteiger partial charge in [-0.05, 0) is 19.1 Å². The van der Waals surface area contributed by atoms with E-state index in [4.69, 9.17) is 11.6 Å². The first-order valence-corrected chi connectivity index (χ1v) is 6.21. The number of amides is 1. The van der Waals surface area contributed by atoms with Crippen LogP contribution in [0.5, 0.6) is 0 Å². The molecule has 0 aromatic carbocycles. The molecule has 0 radical (unpaired) electrons. The highest BCUT2D eigenvalue weighted by Crippen LogP contribution is 2.13. The Bertz CT molecular complexity index is 375. The first-order valence-electron chi connectivity index (χ1n) is 5.77. The van der Waals surface area contributed by atoms with Crippen LogP contribution in [0.25, 0.3) is 0 Å². The van der Waals surface area contributed by atoms with E-state index in [9.17, 15) is 4.79 Å². The summed E-state index contributed by atoms with van der Waals surface area (Å²) in [5.74, 6) is 0.992. The van der Waals surface area contributed by atoms with E-state index in [0.717, 1.165) is 18.9 Å². The number of hydrogen-bond donors (Lipinski definition) is 0. The molecule has 1 saturated heterocycles. The molecule has 0 unspecified atom stereocenters. The van der Waals surface area contributed by atoms with Crippen LogP contribution >= 0.6 is 11.6 Å². The van der Waals surface area contributed by atoms with E-state index in [2.05, 4.69) is 9.88 Å². The number of carbonyl (C=O) groups is 1. The minimum absolute atomic E-state index is 0.0207. The van der Waals surface area contributed by atoms with Crippen LogP contribution in [0.15, 0.2) is 24.4 Å². The molecule has 1 aliphatic heterocycles. The van der Waals surface area contributed by atoms with Gasteiger partial charge < -0.3 is 9.80 Å². The van der Waals surface area contributed by atoms with Gasteiger partial charge in [-0.1, -0.05) is 6.07 Å². The fourth-order valence-corrected chi connectivity index (χ4v) is 2.09. The molecular weight excluding hydrogens is 238 g/mol. The maximum Gasteiger partial charge on any atom is 0.240 e. The van der Waals surface area contributed by atoms with Crippen LogP contribution in [0.1, 0.15) is 6.92 Å². The fourth-order valence-electron chi connectivity index (χ4n) is 1.95. The van der Waals surface area contributed by atoms with Crippen LogP contribution in [-0.2, 0) is 4.79 Å². The zero-order chi connectivity index (χ0) is 12.3. The standard InChI is InChI=1S/C12H16ClN3O/c1-10(13)12(17)16-8-6-15(7-9-16)11-4-2-3-5-14-11/h2-5,10H,6-9H2,1H3/t10-/m0/s1. The number of anilines is 1. The second kappa shape index (κ2) is 5.36. The van der Waals surface area contributed by atoms with Crippen molar-refractivity contribution >= 4 is 23.3 Å². The first kappa shape index (κ1) is 12.2. The lowest BCUT2D eigenvalue weighted by atomic mass is 10.2. The molecule has 1 aromatic heterocycles. The third-order valence-corrected chi connectivity index (χ3v) is 3.09. The molecule has 0 bridgehead atoms. The molecule has 0 saturated carbocycles. The molecular formula is C12H16ClN3O. The molecule has 1 amide bonds. The van der Waals surface area contributed by atoms with Crippen molar-refractivity contribution in [2.45, 2.75) is 12.3 Å². The van der Waals surface area contributed by atoms with Crippen LogP contribution in [0.3, 0.4) is 0 Å². The van der Waals surface area contributed by atoms with Crippen LogP contribution in [0.4, 0.5) is 5.82 Å². The molecule has 0 N–H and O–H groups in total. The molecule has 1 aliphatic rings. The van der Waals surface area contributed by atoms with Crippen LogP contribution in [0, 0.1) is 0 Å². The number of nitrogens with zero attached hydrogens (tertiary/aromatic N) is 3. The Morgan fingerprint density at radius 1 is 1.35 bits per heavy atom. The van der Waals surface area contributed by atoms with Crippen molar-refractivity contribution in [2.24, 2.45) is 0 Å². The fraction of sp³-hybridized carbons (Fsp3) is 0.500. The van der Waals surface area contributed by atoms with Gasteiger partial charge in [0.05, 0.1) is 0 Å². The summed E-state index contributed by atoms with van der Waals surface area (Å²) >= 11 is 5.80. The van der Waals surface area contributed by atoms with E-state index >= 15 is 0 Å². The Morgan fingerprint density at radius 3 is 2.59 bits per heavy atom. The Hall–Kier alpha value is -1.29. The number of piperazine rings is 1. The van der Waals surface area contributed by atoms with E-state index < -0.39 is 5.38 Å². The predicted octanol–water partition coefficient (Wildman–Crippen LogP) is 1.36. The van der Waals surface area contributed by atoms with Gasteiger partial charge in [-0.2, -0.15) is 0 Å². The highest BCUT2D eigenvalue weighted by molar-refractivity contribution is 6.30.